The number of carboxylic acid groups (broad SMARTS) is 1. The number of aliphatic hydroxyl groups is 3. The molecule has 0 bridgehead atoms. The molecule has 1 fully saturated rings. The van der Waals surface area contributed by atoms with Crippen LogP contribution in [0.25, 0.3) is 0 Å². The lowest BCUT2D eigenvalue weighted by molar-refractivity contribution is -0.302. The zero-order chi connectivity index (χ0) is 19.4. The van der Waals surface area contributed by atoms with Crippen LogP contribution in [0.1, 0.15) is 20.3 Å². The Morgan fingerprint density at radius 1 is 1.36 bits per heavy atom. The number of nitrogens with one attached hydrogen (secondary N) is 1. The second kappa shape index (κ2) is 8.92. The van der Waals surface area contributed by atoms with Crippen molar-refractivity contribution in [1.82, 2.24) is 5.32 Å². The molecule has 25 heavy (non-hydrogen) atoms. The van der Waals surface area contributed by atoms with Crippen LogP contribution in [0.4, 0.5) is 0 Å². The van der Waals surface area contributed by atoms with Crippen LogP contribution >= 0.6 is 11.8 Å². The van der Waals surface area contributed by atoms with E-state index in [1.165, 1.54) is 13.8 Å². The van der Waals surface area contributed by atoms with Crippen molar-refractivity contribution in [2.45, 2.75) is 56.5 Å². The number of aliphatic carboxylic acids is 1. The highest BCUT2D eigenvalue weighted by molar-refractivity contribution is 8.13. The minimum absolute atomic E-state index is 0.174. The third kappa shape index (κ3) is 5.36. The van der Waals surface area contributed by atoms with Gasteiger partial charge in [-0.25, -0.2) is 4.79 Å². The van der Waals surface area contributed by atoms with Crippen molar-refractivity contribution >= 4 is 28.8 Å². The van der Waals surface area contributed by atoms with Gasteiger partial charge in [0.25, 0.3) is 5.79 Å². The maximum Gasteiger partial charge on any atom is 0.364 e. The Hall–Kier alpha value is -1.24. The van der Waals surface area contributed by atoms with Gasteiger partial charge in [-0.05, 0) is 0 Å². The average Bonchev–Trinajstić information content (AvgIpc) is 2.52. The summed E-state index contributed by atoms with van der Waals surface area (Å²) in [6.45, 7) is 2.46. The van der Waals surface area contributed by atoms with Crippen molar-refractivity contribution in [2.24, 2.45) is 0 Å². The maximum absolute atomic E-state index is 11.5. The van der Waals surface area contributed by atoms with Crippen LogP contribution in [0.3, 0.4) is 0 Å². The molecular formula is C14H23NO9S. The van der Waals surface area contributed by atoms with E-state index in [1.54, 1.807) is 0 Å². The Kier molecular flexibility index (Phi) is 7.78. The predicted octanol–water partition coefficient (Wildman–Crippen LogP) is -1.93. The molecule has 11 heteroatoms. The molecule has 0 aromatic carbocycles. The molecule has 1 saturated heterocycles. The van der Waals surface area contributed by atoms with E-state index in [9.17, 15) is 34.8 Å². The molecule has 0 aromatic rings. The van der Waals surface area contributed by atoms with Gasteiger partial charge in [-0.2, -0.15) is 0 Å². The molecule has 10 nitrogen and oxygen atoms in total. The fourth-order valence-corrected chi connectivity index (χ4v) is 3.14. The standard InChI is InChI=1S/C14H23NO9S/c1-6(16)15-10-8(18)4-14(23-3,13(21)22)24-12(10)11(20)9(19)5-25-7(2)17/h8-12,18-20H,4-5H2,1-3H3,(H,15,16)(H,21,22)/t8-,9+,10+,11+,12+,14+/m0/s1. The molecule has 1 aliphatic heterocycles. The number of amides is 1. The second-order valence-electron chi connectivity index (χ2n) is 5.70. The second-order valence-corrected chi connectivity index (χ2v) is 6.90. The van der Waals surface area contributed by atoms with Gasteiger partial charge in [-0.15, -0.1) is 0 Å². The van der Waals surface area contributed by atoms with Crippen LogP contribution in [0, 0.1) is 0 Å². The molecule has 0 unspecified atom stereocenters. The minimum atomic E-state index is -2.24. The molecule has 1 heterocycles. The van der Waals surface area contributed by atoms with Gasteiger partial charge < -0.3 is 35.2 Å². The summed E-state index contributed by atoms with van der Waals surface area (Å²) >= 11 is 0.758. The van der Waals surface area contributed by atoms with Crippen molar-refractivity contribution in [2.75, 3.05) is 12.9 Å². The average molecular weight is 381 g/mol. The van der Waals surface area contributed by atoms with Crippen LogP contribution in [0.2, 0.25) is 0 Å². The number of carboxylic acids is 1. The summed E-state index contributed by atoms with van der Waals surface area (Å²) in [5.41, 5.74) is 0. The van der Waals surface area contributed by atoms with E-state index in [2.05, 4.69) is 5.32 Å². The fraction of sp³-hybridized carbons (Fsp3) is 0.786. The molecule has 1 rings (SSSR count). The molecule has 0 saturated carbocycles. The first-order valence-corrected chi connectivity index (χ1v) is 8.43. The van der Waals surface area contributed by atoms with Gasteiger partial charge in [0.1, 0.15) is 12.2 Å². The number of ether oxygens (including phenoxy) is 2. The van der Waals surface area contributed by atoms with Gasteiger partial charge >= 0.3 is 5.97 Å². The van der Waals surface area contributed by atoms with E-state index in [0.29, 0.717) is 0 Å². The molecule has 0 aliphatic carbocycles. The lowest BCUT2D eigenvalue weighted by Gasteiger charge is -2.46. The molecule has 0 radical (unpaired) electrons. The Bertz CT molecular complexity index is 517. The fourth-order valence-electron chi connectivity index (χ4n) is 2.53. The number of rotatable bonds is 7. The van der Waals surface area contributed by atoms with Crippen LogP contribution in [0.15, 0.2) is 0 Å². The number of thioether (sulfide) groups is 1. The Morgan fingerprint density at radius 3 is 2.40 bits per heavy atom. The first kappa shape index (κ1) is 21.8. The van der Waals surface area contributed by atoms with E-state index < -0.39 is 54.5 Å². The smallest absolute Gasteiger partial charge is 0.364 e. The van der Waals surface area contributed by atoms with E-state index >= 15 is 0 Å². The third-order valence-electron chi connectivity index (χ3n) is 3.79. The summed E-state index contributed by atoms with van der Waals surface area (Å²) in [5, 5.41) is 42.1. The topological polar surface area (TPSA) is 163 Å². The van der Waals surface area contributed by atoms with Gasteiger partial charge in [0.05, 0.1) is 18.2 Å². The van der Waals surface area contributed by atoms with Crippen LogP contribution in [-0.2, 0) is 23.9 Å². The van der Waals surface area contributed by atoms with E-state index in [4.69, 9.17) is 9.47 Å². The van der Waals surface area contributed by atoms with Crippen molar-refractivity contribution < 1.29 is 44.3 Å². The zero-order valence-electron chi connectivity index (χ0n) is 14.0. The highest BCUT2D eigenvalue weighted by atomic mass is 32.2. The molecule has 0 spiro atoms. The lowest BCUT2D eigenvalue weighted by Crippen LogP contribution is -2.67. The highest BCUT2D eigenvalue weighted by Crippen LogP contribution is 2.33. The minimum Gasteiger partial charge on any atom is -0.477 e. The summed E-state index contributed by atoms with van der Waals surface area (Å²) in [6, 6.07) is -1.17. The quantitative estimate of drug-likeness (QED) is 0.335. The Balaban J connectivity index is 3.09. The molecule has 1 aliphatic rings. The maximum atomic E-state index is 11.5. The van der Waals surface area contributed by atoms with E-state index in [-0.39, 0.29) is 10.9 Å². The number of carbonyl (C=O) groups is 3. The molecule has 5 N–H and O–H groups in total. The third-order valence-corrected chi connectivity index (χ3v) is 4.70. The summed E-state index contributed by atoms with van der Waals surface area (Å²) in [7, 11) is 1.06. The van der Waals surface area contributed by atoms with Gasteiger partial charge in [0.15, 0.2) is 5.12 Å². The molecule has 144 valence electrons. The van der Waals surface area contributed by atoms with Crippen LogP contribution in [-0.4, -0.2) is 86.5 Å². The van der Waals surface area contributed by atoms with Crippen molar-refractivity contribution in [3.8, 4) is 0 Å². The van der Waals surface area contributed by atoms with Crippen molar-refractivity contribution in [3.63, 3.8) is 0 Å². The summed E-state index contributed by atoms with van der Waals surface area (Å²) in [4.78, 5) is 33.8. The highest BCUT2D eigenvalue weighted by Gasteiger charge is 2.55. The zero-order valence-corrected chi connectivity index (χ0v) is 14.9. The number of hydrogen-bond acceptors (Lipinski definition) is 9. The summed E-state index contributed by atoms with van der Waals surface area (Å²) in [5.74, 6) is -4.49. The number of carbonyl (C=O) groups excluding carboxylic acids is 2. The van der Waals surface area contributed by atoms with Crippen molar-refractivity contribution in [1.29, 1.82) is 0 Å². The number of hydrogen-bond donors (Lipinski definition) is 5. The lowest BCUT2D eigenvalue weighted by atomic mass is 9.88. The van der Waals surface area contributed by atoms with Crippen LogP contribution in [0.5, 0.6) is 0 Å². The van der Waals surface area contributed by atoms with Gasteiger partial charge in [-0.3, -0.25) is 9.59 Å². The Labute approximate surface area is 148 Å². The van der Waals surface area contributed by atoms with Gasteiger partial charge in [0, 0.05) is 33.1 Å². The van der Waals surface area contributed by atoms with E-state index in [1.807, 2.05) is 0 Å². The SMILES string of the molecule is CO[C@]1(C(=O)O)C[C@H](O)[C@@H](NC(C)=O)[C@H]([C@H](O)[C@H](O)CSC(C)=O)O1. The summed E-state index contributed by atoms with van der Waals surface area (Å²) < 4.78 is 10.2. The number of methoxy groups -OCH3 is 1. The predicted molar refractivity (Wildman–Crippen MR) is 85.6 cm³/mol. The van der Waals surface area contributed by atoms with Crippen molar-refractivity contribution in [3.05, 3.63) is 0 Å². The van der Waals surface area contributed by atoms with Gasteiger partial charge in [-0.1, -0.05) is 11.8 Å². The molecular weight excluding hydrogens is 358 g/mol. The first-order chi connectivity index (χ1) is 11.5. The summed E-state index contributed by atoms with van der Waals surface area (Å²) in [6.07, 6.45) is -6.55. The molecule has 1 amide bonds. The monoisotopic (exact) mass is 381 g/mol. The largest absolute Gasteiger partial charge is 0.477 e. The molecule has 0 aromatic heterocycles. The van der Waals surface area contributed by atoms with E-state index in [0.717, 1.165) is 18.9 Å². The number of aliphatic hydroxyl groups excluding tert-OH is 3. The van der Waals surface area contributed by atoms with Gasteiger partial charge in [0.2, 0.25) is 5.91 Å². The first-order valence-electron chi connectivity index (χ1n) is 7.45. The Morgan fingerprint density at radius 2 is 1.96 bits per heavy atom. The van der Waals surface area contributed by atoms with Crippen LogP contribution < -0.4 is 5.32 Å². The molecule has 6 atom stereocenters. The normalized spacial score (nSPS) is 31.8.